The van der Waals surface area contributed by atoms with Crippen LogP contribution in [0.1, 0.15) is 25.7 Å². The summed E-state index contributed by atoms with van der Waals surface area (Å²) >= 11 is 0. The zero-order chi connectivity index (χ0) is 11.1. The molecule has 0 bridgehead atoms. The van der Waals surface area contributed by atoms with Gasteiger partial charge in [-0.05, 0) is 19.3 Å². The Labute approximate surface area is 88.9 Å². The van der Waals surface area contributed by atoms with Gasteiger partial charge in [-0.2, -0.15) is 0 Å². The van der Waals surface area contributed by atoms with Crippen molar-refractivity contribution < 1.29 is 23.8 Å². The van der Waals surface area contributed by atoms with Crippen molar-refractivity contribution in [2.75, 3.05) is 13.2 Å². The Hall–Kier alpha value is -0.370. The zero-order valence-electron chi connectivity index (χ0n) is 8.39. The molecule has 1 saturated heterocycles. The average molecular weight is 234 g/mol. The Morgan fingerprint density at radius 2 is 2.27 bits per heavy atom. The van der Waals surface area contributed by atoms with Gasteiger partial charge >= 0.3 is 7.60 Å². The topological polar surface area (TPSA) is 76.0 Å². The van der Waals surface area contributed by atoms with Gasteiger partial charge in [0.15, 0.2) is 6.29 Å². The minimum absolute atomic E-state index is 0.171. The third kappa shape index (κ3) is 6.67. The van der Waals surface area contributed by atoms with E-state index in [0.29, 0.717) is 13.0 Å². The summed E-state index contributed by atoms with van der Waals surface area (Å²) in [6.07, 6.45) is 3.18. The standard InChI is InChI=1S/C9H15O5P/c10-15(11,12)8-4-3-7-14-9-5-1-2-6-13-9/h9H,1-3,5-7H2,(H2,10,11,12). The molecule has 0 saturated carbocycles. The highest BCUT2D eigenvalue weighted by Gasteiger charge is 2.13. The van der Waals surface area contributed by atoms with Crippen LogP contribution in [0.5, 0.6) is 0 Å². The molecule has 1 heterocycles. The molecule has 0 aromatic heterocycles. The molecule has 1 atom stereocenters. The first kappa shape index (κ1) is 12.7. The molecule has 0 radical (unpaired) electrons. The molecule has 0 aromatic rings. The number of rotatable bonds is 3. The van der Waals surface area contributed by atoms with Gasteiger partial charge in [0.25, 0.3) is 0 Å². The van der Waals surface area contributed by atoms with Gasteiger partial charge in [0.05, 0.1) is 6.61 Å². The predicted octanol–water partition coefficient (Wildman–Crippen LogP) is 1.06. The third-order valence-electron chi connectivity index (χ3n) is 1.89. The lowest BCUT2D eigenvalue weighted by Gasteiger charge is -2.22. The van der Waals surface area contributed by atoms with E-state index in [9.17, 15) is 4.57 Å². The second-order valence-electron chi connectivity index (χ2n) is 3.25. The number of hydrogen-bond acceptors (Lipinski definition) is 3. The van der Waals surface area contributed by atoms with E-state index in [1.165, 1.54) is 0 Å². The van der Waals surface area contributed by atoms with E-state index >= 15 is 0 Å². The average Bonchev–Trinajstić information content (AvgIpc) is 2.17. The van der Waals surface area contributed by atoms with Crippen LogP contribution >= 0.6 is 7.60 Å². The van der Waals surface area contributed by atoms with Gasteiger partial charge in [-0.25, -0.2) is 4.57 Å². The van der Waals surface area contributed by atoms with Crippen LogP contribution < -0.4 is 0 Å². The molecule has 1 aliphatic heterocycles. The number of hydrogen-bond donors (Lipinski definition) is 2. The third-order valence-corrected chi connectivity index (χ3v) is 2.34. The fourth-order valence-electron chi connectivity index (χ4n) is 1.24. The highest BCUT2D eigenvalue weighted by Crippen LogP contribution is 2.31. The van der Waals surface area contributed by atoms with Crippen molar-refractivity contribution in [1.82, 2.24) is 0 Å². The maximum atomic E-state index is 10.4. The Bertz CT molecular complexity index is 281. The molecule has 0 spiro atoms. The summed E-state index contributed by atoms with van der Waals surface area (Å²) in [5.74, 6) is 2.37. The maximum absolute atomic E-state index is 10.4. The molecule has 2 N–H and O–H groups in total. The van der Waals surface area contributed by atoms with E-state index in [1.807, 2.05) is 5.66 Å². The first-order chi connectivity index (χ1) is 7.08. The molecule has 0 aromatic carbocycles. The summed E-state index contributed by atoms with van der Waals surface area (Å²) in [5, 5.41) is 0. The summed E-state index contributed by atoms with van der Waals surface area (Å²) in [6, 6.07) is 0. The van der Waals surface area contributed by atoms with Crippen molar-refractivity contribution in [1.29, 1.82) is 0 Å². The summed E-state index contributed by atoms with van der Waals surface area (Å²) in [5.41, 5.74) is 1.86. The van der Waals surface area contributed by atoms with E-state index in [-0.39, 0.29) is 6.29 Å². The van der Waals surface area contributed by atoms with E-state index < -0.39 is 7.60 Å². The molecule has 1 unspecified atom stereocenters. The molecule has 5 nitrogen and oxygen atoms in total. The van der Waals surface area contributed by atoms with Crippen LogP contribution in [-0.4, -0.2) is 29.3 Å². The van der Waals surface area contributed by atoms with Gasteiger partial charge in [0, 0.05) is 18.7 Å². The van der Waals surface area contributed by atoms with Crippen LogP contribution in [0, 0.1) is 11.6 Å². The second-order valence-corrected chi connectivity index (χ2v) is 4.56. The quantitative estimate of drug-likeness (QED) is 0.434. The lowest BCUT2D eigenvalue weighted by molar-refractivity contribution is -0.161. The molecule has 0 amide bonds. The van der Waals surface area contributed by atoms with Gasteiger partial charge < -0.3 is 19.3 Å². The fraction of sp³-hybridized carbons (Fsp3) is 0.778. The van der Waals surface area contributed by atoms with Gasteiger partial charge in [-0.3, -0.25) is 0 Å². The molecule has 1 rings (SSSR count). The van der Waals surface area contributed by atoms with Gasteiger partial charge in [-0.1, -0.05) is 5.92 Å². The first-order valence-electron chi connectivity index (χ1n) is 4.87. The lowest BCUT2D eigenvalue weighted by Crippen LogP contribution is -2.22. The van der Waals surface area contributed by atoms with Crippen molar-refractivity contribution in [3.8, 4) is 11.6 Å². The Morgan fingerprint density at radius 1 is 1.47 bits per heavy atom. The van der Waals surface area contributed by atoms with Crippen LogP contribution in [0.2, 0.25) is 0 Å². The van der Waals surface area contributed by atoms with Crippen LogP contribution in [0.3, 0.4) is 0 Å². The predicted molar refractivity (Wildman–Crippen MR) is 54.0 cm³/mol. The minimum Gasteiger partial charge on any atom is -0.353 e. The highest BCUT2D eigenvalue weighted by atomic mass is 31.2. The molecule has 1 aliphatic rings. The maximum Gasteiger partial charge on any atom is 0.400 e. The molecular formula is C9H15O5P. The van der Waals surface area contributed by atoms with Crippen molar-refractivity contribution in [2.45, 2.75) is 32.0 Å². The number of ether oxygens (including phenoxy) is 2. The molecule has 15 heavy (non-hydrogen) atoms. The molecule has 6 heteroatoms. The van der Waals surface area contributed by atoms with E-state index in [2.05, 4.69) is 5.92 Å². The summed E-state index contributed by atoms with van der Waals surface area (Å²) in [6.45, 7) is 1.07. The van der Waals surface area contributed by atoms with Gasteiger partial charge in [-0.15, -0.1) is 0 Å². The second kappa shape index (κ2) is 6.26. The molecule has 0 aliphatic carbocycles. The van der Waals surface area contributed by atoms with Crippen LogP contribution in [0.4, 0.5) is 0 Å². The SMILES string of the molecule is O=P(O)(O)C#CCCOC1CCCCO1. The van der Waals surface area contributed by atoms with Crippen LogP contribution in [0.15, 0.2) is 0 Å². The highest BCUT2D eigenvalue weighted by molar-refractivity contribution is 7.57. The summed E-state index contributed by atoms with van der Waals surface area (Å²) in [7, 11) is -4.19. The first-order valence-corrected chi connectivity index (χ1v) is 6.48. The Morgan fingerprint density at radius 3 is 2.87 bits per heavy atom. The molecular weight excluding hydrogens is 219 g/mol. The Balaban J connectivity index is 2.10. The largest absolute Gasteiger partial charge is 0.400 e. The summed E-state index contributed by atoms with van der Waals surface area (Å²) < 4.78 is 21.0. The van der Waals surface area contributed by atoms with Crippen molar-refractivity contribution >= 4 is 7.60 Å². The Kier molecular flexibility index (Phi) is 5.30. The van der Waals surface area contributed by atoms with E-state index in [4.69, 9.17) is 19.3 Å². The molecule has 1 fully saturated rings. The molecule has 86 valence electrons. The van der Waals surface area contributed by atoms with Gasteiger partial charge in [0.1, 0.15) is 0 Å². The van der Waals surface area contributed by atoms with Crippen LogP contribution in [-0.2, 0) is 14.0 Å². The lowest BCUT2D eigenvalue weighted by atomic mass is 10.2. The van der Waals surface area contributed by atoms with Gasteiger partial charge in [0.2, 0.25) is 0 Å². The van der Waals surface area contributed by atoms with Crippen molar-refractivity contribution in [2.24, 2.45) is 0 Å². The smallest absolute Gasteiger partial charge is 0.353 e. The normalized spacial score (nSPS) is 21.9. The fourth-order valence-corrected chi connectivity index (χ4v) is 1.56. The van der Waals surface area contributed by atoms with Crippen LogP contribution in [0.25, 0.3) is 0 Å². The van der Waals surface area contributed by atoms with Crippen molar-refractivity contribution in [3.05, 3.63) is 0 Å². The minimum atomic E-state index is -4.19. The zero-order valence-corrected chi connectivity index (χ0v) is 9.28. The van der Waals surface area contributed by atoms with E-state index in [0.717, 1.165) is 25.9 Å². The summed E-state index contributed by atoms with van der Waals surface area (Å²) in [4.78, 5) is 16.9. The van der Waals surface area contributed by atoms with Crippen molar-refractivity contribution in [3.63, 3.8) is 0 Å². The monoisotopic (exact) mass is 234 g/mol. The van der Waals surface area contributed by atoms with E-state index in [1.54, 1.807) is 0 Å².